The van der Waals surface area contributed by atoms with Crippen molar-refractivity contribution in [2.75, 3.05) is 25.6 Å². The van der Waals surface area contributed by atoms with Gasteiger partial charge in [-0.25, -0.2) is 17.9 Å². The number of hydrogen-bond acceptors (Lipinski definition) is 6. The lowest BCUT2D eigenvalue weighted by molar-refractivity contribution is 0.0596. The summed E-state index contributed by atoms with van der Waals surface area (Å²) in [7, 11) is -2.59. The van der Waals surface area contributed by atoms with E-state index in [9.17, 15) is 13.2 Å². The van der Waals surface area contributed by atoms with Gasteiger partial charge in [0.2, 0.25) is 10.0 Å². The molecular formula is C13H20N2O4S2. The van der Waals surface area contributed by atoms with E-state index >= 15 is 0 Å². The lowest BCUT2D eigenvalue weighted by Crippen LogP contribution is -2.28. The number of nitrogens with one attached hydrogen (secondary N) is 1. The van der Waals surface area contributed by atoms with Crippen LogP contribution in [0.15, 0.2) is 23.1 Å². The summed E-state index contributed by atoms with van der Waals surface area (Å²) in [6, 6.07) is 4.04. The van der Waals surface area contributed by atoms with Crippen LogP contribution in [0.1, 0.15) is 23.7 Å². The highest BCUT2D eigenvalue weighted by Crippen LogP contribution is 2.20. The molecule has 0 saturated carbocycles. The van der Waals surface area contributed by atoms with Crippen LogP contribution in [0.5, 0.6) is 0 Å². The fourth-order valence-corrected chi connectivity index (χ4v) is 3.22. The van der Waals surface area contributed by atoms with Gasteiger partial charge in [-0.1, -0.05) is 6.92 Å². The van der Waals surface area contributed by atoms with Crippen LogP contribution in [-0.2, 0) is 14.8 Å². The van der Waals surface area contributed by atoms with E-state index in [0.29, 0.717) is 23.9 Å². The number of benzene rings is 1. The molecule has 0 bridgehead atoms. The second kappa shape index (κ2) is 7.67. The molecule has 0 aliphatic carbocycles. The summed E-state index contributed by atoms with van der Waals surface area (Å²) >= 11 is 1.66. The first-order valence-corrected chi connectivity index (χ1v) is 9.09. The average molecular weight is 332 g/mol. The van der Waals surface area contributed by atoms with Crippen molar-refractivity contribution in [1.82, 2.24) is 4.72 Å². The van der Waals surface area contributed by atoms with Crippen LogP contribution < -0.4 is 10.5 Å². The number of sulfonamides is 1. The fourth-order valence-electron chi connectivity index (χ4n) is 1.64. The van der Waals surface area contributed by atoms with E-state index in [1.807, 2.05) is 13.2 Å². The minimum Gasteiger partial charge on any atom is -0.465 e. The van der Waals surface area contributed by atoms with Crippen LogP contribution in [0.2, 0.25) is 0 Å². The molecule has 0 aliphatic heterocycles. The predicted octanol–water partition coefficient (Wildman–Crippen LogP) is 1.48. The van der Waals surface area contributed by atoms with Gasteiger partial charge in [-0.15, -0.1) is 0 Å². The zero-order chi connectivity index (χ0) is 16.0. The number of esters is 1. The summed E-state index contributed by atoms with van der Waals surface area (Å²) < 4.78 is 31.7. The number of thioether (sulfide) groups is 1. The average Bonchev–Trinajstić information content (AvgIpc) is 2.45. The van der Waals surface area contributed by atoms with E-state index in [1.54, 1.807) is 11.8 Å². The number of rotatable bonds is 7. The summed E-state index contributed by atoms with van der Waals surface area (Å²) in [4.78, 5) is 11.6. The first kappa shape index (κ1) is 17.8. The molecule has 0 aromatic heterocycles. The Morgan fingerprint density at radius 3 is 2.71 bits per heavy atom. The highest BCUT2D eigenvalue weighted by Gasteiger charge is 2.23. The van der Waals surface area contributed by atoms with Crippen LogP contribution in [-0.4, -0.2) is 39.5 Å². The first-order chi connectivity index (χ1) is 9.81. The van der Waals surface area contributed by atoms with E-state index in [-0.39, 0.29) is 10.5 Å². The number of anilines is 1. The van der Waals surface area contributed by atoms with E-state index in [4.69, 9.17) is 5.73 Å². The van der Waals surface area contributed by atoms with Crippen molar-refractivity contribution in [3.05, 3.63) is 23.8 Å². The van der Waals surface area contributed by atoms with Crippen LogP contribution in [0.3, 0.4) is 0 Å². The lowest BCUT2D eigenvalue weighted by atomic mass is 10.2. The number of nitrogen functional groups attached to an aromatic ring is 1. The molecule has 118 valence electrons. The SMILES string of the molecule is COC(=O)c1cc(N)ccc1S(=O)(=O)NCCC(C)SC. The molecule has 0 aliphatic rings. The highest BCUT2D eigenvalue weighted by molar-refractivity contribution is 7.99. The molecule has 1 aromatic carbocycles. The normalized spacial score (nSPS) is 12.9. The molecule has 1 unspecified atom stereocenters. The van der Waals surface area contributed by atoms with Gasteiger partial charge < -0.3 is 10.5 Å². The Bertz CT molecular complexity index is 602. The van der Waals surface area contributed by atoms with Gasteiger partial charge in [0.25, 0.3) is 0 Å². The van der Waals surface area contributed by atoms with Crippen molar-refractivity contribution in [3.8, 4) is 0 Å². The summed E-state index contributed by atoms with van der Waals surface area (Å²) in [5.74, 6) is -0.736. The summed E-state index contributed by atoms with van der Waals surface area (Å²) in [5, 5.41) is 0.346. The number of carbonyl (C=O) groups is 1. The minimum absolute atomic E-state index is 0.0667. The monoisotopic (exact) mass is 332 g/mol. The van der Waals surface area contributed by atoms with Crippen LogP contribution in [0, 0.1) is 0 Å². The van der Waals surface area contributed by atoms with E-state index in [2.05, 4.69) is 9.46 Å². The molecule has 0 fully saturated rings. The first-order valence-electron chi connectivity index (χ1n) is 6.32. The molecule has 0 amide bonds. The molecule has 3 N–H and O–H groups in total. The molecule has 8 heteroatoms. The predicted molar refractivity (Wildman–Crippen MR) is 85.0 cm³/mol. The molecule has 6 nitrogen and oxygen atoms in total. The Morgan fingerprint density at radius 1 is 1.48 bits per heavy atom. The molecule has 0 spiro atoms. The zero-order valence-electron chi connectivity index (χ0n) is 12.3. The largest absolute Gasteiger partial charge is 0.465 e. The van der Waals surface area contributed by atoms with Gasteiger partial charge in [-0.2, -0.15) is 11.8 Å². The molecule has 0 radical (unpaired) electrons. The Morgan fingerprint density at radius 2 is 2.14 bits per heavy atom. The Labute approximate surface area is 129 Å². The quantitative estimate of drug-likeness (QED) is 0.579. The number of carbonyl (C=O) groups excluding carboxylic acids is 1. The van der Waals surface area contributed by atoms with Crippen molar-refractivity contribution < 1.29 is 17.9 Å². The van der Waals surface area contributed by atoms with Crippen LogP contribution in [0.25, 0.3) is 0 Å². The number of methoxy groups -OCH3 is 1. The fraction of sp³-hybridized carbons (Fsp3) is 0.462. The Kier molecular flexibility index (Phi) is 6.50. The number of hydrogen-bond donors (Lipinski definition) is 2. The third kappa shape index (κ3) is 4.90. The molecule has 1 atom stereocenters. The third-order valence-corrected chi connectivity index (χ3v) is 5.50. The maximum atomic E-state index is 12.3. The molecular weight excluding hydrogens is 312 g/mol. The van der Waals surface area contributed by atoms with Crippen molar-refractivity contribution in [2.24, 2.45) is 0 Å². The van der Waals surface area contributed by atoms with Crippen LogP contribution >= 0.6 is 11.8 Å². The van der Waals surface area contributed by atoms with Gasteiger partial charge >= 0.3 is 5.97 Å². The van der Waals surface area contributed by atoms with Gasteiger partial charge in [0.15, 0.2) is 0 Å². The minimum atomic E-state index is -3.78. The van der Waals surface area contributed by atoms with Crippen molar-refractivity contribution in [2.45, 2.75) is 23.5 Å². The molecule has 21 heavy (non-hydrogen) atoms. The Balaban J connectivity index is 3.00. The second-order valence-corrected chi connectivity index (χ2v) is 7.49. The van der Waals surface area contributed by atoms with Crippen molar-refractivity contribution in [3.63, 3.8) is 0 Å². The van der Waals surface area contributed by atoms with Gasteiger partial charge in [0.05, 0.1) is 17.6 Å². The summed E-state index contributed by atoms with van der Waals surface area (Å²) in [6.45, 7) is 2.32. The van der Waals surface area contributed by atoms with E-state index in [0.717, 1.165) is 0 Å². The number of nitrogens with two attached hydrogens (primary N) is 1. The smallest absolute Gasteiger partial charge is 0.339 e. The highest BCUT2D eigenvalue weighted by atomic mass is 32.2. The standard InChI is InChI=1S/C13H20N2O4S2/c1-9(20-3)6-7-15-21(17,18)12-5-4-10(14)8-11(12)13(16)19-2/h4-5,8-9,15H,6-7,14H2,1-3H3. The second-order valence-electron chi connectivity index (χ2n) is 4.48. The topological polar surface area (TPSA) is 98.5 Å². The number of ether oxygens (including phenoxy) is 1. The zero-order valence-corrected chi connectivity index (χ0v) is 13.9. The molecule has 1 rings (SSSR count). The van der Waals surface area contributed by atoms with Crippen molar-refractivity contribution >= 4 is 33.4 Å². The van der Waals surface area contributed by atoms with Crippen LogP contribution in [0.4, 0.5) is 5.69 Å². The maximum Gasteiger partial charge on any atom is 0.339 e. The van der Waals surface area contributed by atoms with Gasteiger partial charge in [-0.3, -0.25) is 0 Å². The van der Waals surface area contributed by atoms with Gasteiger partial charge in [0, 0.05) is 17.5 Å². The van der Waals surface area contributed by atoms with Gasteiger partial charge in [0.1, 0.15) is 0 Å². The molecule has 0 heterocycles. The maximum absolute atomic E-state index is 12.3. The summed E-state index contributed by atoms with van der Waals surface area (Å²) in [6.07, 6.45) is 2.66. The molecule has 1 aromatic rings. The lowest BCUT2D eigenvalue weighted by Gasteiger charge is -2.12. The van der Waals surface area contributed by atoms with E-state index < -0.39 is 16.0 Å². The van der Waals surface area contributed by atoms with Crippen molar-refractivity contribution in [1.29, 1.82) is 0 Å². The summed E-state index contributed by atoms with van der Waals surface area (Å²) in [5.41, 5.74) is 5.83. The Hall–Kier alpha value is -1.25. The van der Waals surface area contributed by atoms with E-state index in [1.165, 1.54) is 25.3 Å². The third-order valence-electron chi connectivity index (χ3n) is 2.94. The van der Waals surface area contributed by atoms with Gasteiger partial charge in [-0.05, 0) is 30.9 Å². The molecule has 0 saturated heterocycles.